The Morgan fingerprint density at radius 1 is 1.25 bits per heavy atom. The van der Waals surface area contributed by atoms with Gasteiger partial charge in [0.05, 0.1) is 17.4 Å². The molecule has 1 amide bonds. The van der Waals surface area contributed by atoms with Gasteiger partial charge in [0.25, 0.3) is 5.91 Å². The Kier molecular flexibility index (Phi) is 4.01. The molecule has 1 atom stereocenters. The number of anilines is 1. The molecule has 0 aliphatic carbocycles. The first-order chi connectivity index (χ1) is 11.8. The van der Waals surface area contributed by atoms with Gasteiger partial charge in [-0.15, -0.1) is 0 Å². The minimum atomic E-state index is -0.314. The molecule has 2 heterocycles. The van der Waals surface area contributed by atoms with E-state index in [1.54, 1.807) is 0 Å². The summed E-state index contributed by atoms with van der Waals surface area (Å²) in [6.45, 7) is 1.38. The molecular formula is C19H19N3O2. The van der Waals surface area contributed by atoms with Crippen molar-refractivity contribution in [2.24, 2.45) is 0 Å². The van der Waals surface area contributed by atoms with Crippen LogP contribution < -0.4 is 5.32 Å². The van der Waals surface area contributed by atoms with E-state index in [1.807, 2.05) is 42.7 Å². The number of ether oxygens (including phenoxy) is 1. The Bertz CT molecular complexity index is 866. The molecule has 5 heteroatoms. The maximum Gasteiger partial charge on any atom is 0.253 e. The average Bonchev–Trinajstić information content (AvgIpc) is 3.26. The molecule has 4 rings (SSSR count). The first-order valence-electron chi connectivity index (χ1n) is 8.21. The quantitative estimate of drug-likeness (QED) is 0.803. The Morgan fingerprint density at radius 3 is 3.04 bits per heavy atom. The minimum Gasteiger partial charge on any atom is -0.368 e. The van der Waals surface area contributed by atoms with Crippen LogP contribution >= 0.6 is 0 Å². The van der Waals surface area contributed by atoms with Crippen LogP contribution in [0, 0.1) is 0 Å². The number of carbonyl (C=O) groups is 1. The Labute approximate surface area is 140 Å². The van der Waals surface area contributed by atoms with Crippen molar-refractivity contribution in [1.82, 2.24) is 9.55 Å². The van der Waals surface area contributed by atoms with E-state index in [0.717, 1.165) is 35.1 Å². The third-order valence-corrected chi connectivity index (χ3v) is 4.30. The second kappa shape index (κ2) is 6.45. The number of hydrogen-bond acceptors (Lipinski definition) is 3. The Morgan fingerprint density at radius 2 is 2.17 bits per heavy atom. The van der Waals surface area contributed by atoms with Crippen LogP contribution in [-0.4, -0.2) is 28.2 Å². The molecule has 1 aliphatic rings. The summed E-state index contributed by atoms with van der Waals surface area (Å²) in [4.78, 5) is 16.6. The van der Waals surface area contributed by atoms with Gasteiger partial charge in [-0.05, 0) is 42.7 Å². The molecule has 5 nitrogen and oxygen atoms in total. The molecule has 0 bridgehead atoms. The molecule has 1 fully saturated rings. The number of para-hydroxylation sites is 2. The fourth-order valence-corrected chi connectivity index (χ4v) is 3.09. The van der Waals surface area contributed by atoms with Crippen molar-refractivity contribution >= 4 is 22.6 Å². The van der Waals surface area contributed by atoms with E-state index in [9.17, 15) is 4.79 Å². The topological polar surface area (TPSA) is 56.2 Å². The van der Waals surface area contributed by atoms with Crippen LogP contribution in [0.4, 0.5) is 5.69 Å². The standard InChI is InChI=1S/C19H19N3O2/c23-19(18-9-4-10-24-18)21-15-6-3-5-14(11-15)12-22-13-20-16-7-1-2-8-17(16)22/h1-3,5-8,11,13,18H,4,9-10,12H2,(H,21,23). The van der Waals surface area contributed by atoms with Crippen LogP contribution in [0.3, 0.4) is 0 Å². The average molecular weight is 321 g/mol. The normalized spacial score (nSPS) is 17.2. The van der Waals surface area contributed by atoms with Crippen molar-refractivity contribution in [1.29, 1.82) is 0 Å². The Hall–Kier alpha value is -2.66. The number of nitrogens with one attached hydrogen (secondary N) is 1. The number of nitrogens with zero attached hydrogens (tertiary/aromatic N) is 2. The van der Waals surface area contributed by atoms with Crippen molar-refractivity contribution in [3.05, 3.63) is 60.4 Å². The van der Waals surface area contributed by atoms with Crippen LogP contribution in [0.1, 0.15) is 18.4 Å². The molecule has 0 spiro atoms. The monoisotopic (exact) mass is 321 g/mol. The summed E-state index contributed by atoms with van der Waals surface area (Å²) in [5.74, 6) is -0.0577. The van der Waals surface area contributed by atoms with E-state index in [-0.39, 0.29) is 12.0 Å². The molecular weight excluding hydrogens is 302 g/mol. The van der Waals surface area contributed by atoms with E-state index in [2.05, 4.69) is 27.0 Å². The zero-order valence-corrected chi connectivity index (χ0v) is 13.3. The van der Waals surface area contributed by atoms with Gasteiger partial charge in [0.2, 0.25) is 0 Å². The first kappa shape index (κ1) is 14.9. The van der Waals surface area contributed by atoms with Crippen LogP contribution in [0.5, 0.6) is 0 Å². The second-order valence-electron chi connectivity index (χ2n) is 6.05. The van der Waals surface area contributed by atoms with E-state index < -0.39 is 0 Å². The van der Waals surface area contributed by atoms with E-state index in [0.29, 0.717) is 13.2 Å². The number of rotatable bonds is 4. The van der Waals surface area contributed by atoms with Gasteiger partial charge in [0.1, 0.15) is 6.10 Å². The van der Waals surface area contributed by atoms with Crippen molar-refractivity contribution in [3.63, 3.8) is 0 Å². The number of aromatic nitrogens is 2. The molecule has 24 heavy (non-hydrogen) atoms. The number of imidazole rings is 1. The molecule has 122 valence electrons. The van der Waals surface area contributed by atoms with Crippen LogP contribution in [-0.2, 0) is 16.1 Å². The summed E-state index contributed by atoms with van der Waals surface area (Å²) < 4.78 is 7.53. The smallest absolute Gasteiger partial charge is 0.253 e. The number of benzene rings is 2. The largest absolute Gasteiger partial charge is 0.368 e. The van der Waals surface area contributed by atoms with E-state index in [1.165, 1.54) is 0 Å². The molecule has 0 radical (unpaired) electrons. The van der Waals surface area contributed by atoms with Crippen LogP contribution in [0.2, 0.25) is 0 Å². The maximum atomic E-state index is 12.2. The van der Waals surface area contributed by atoms with Crippen molar-refractivity contribution in [3.8, 4) is 0 Å². The van der Waals surface area contributed by atoms with Crippen molar-refractivity contribution in [2.45, 2.75) is 25.5 Å². The fourth-order valence-electron chi connectivity index (χ4n) is 3.09. The van der Waals surface area contributed by atoms with Gasteiger partial charge >= 0.3 is 0 Å². The number of carbonyl (C=O) groups excluding carboxylic acids is 1. The lowest BCUT2D eigenvalue weighted by Gasteiger charge is -2.12. The third-order valence-electron chi connectivity index (χ3n) is 4.30. The van der Waals surface area contributed by atoms with Crippen LogP contribution in [0.15, 0.2) is 54.9 Å². The molecule has 1 aromatic heterocycles. The predicted molar refractivity (Wildman–Crippen MR) is 92.9 cm³/mol. The first-order valence-corrected chi connectivity index (χ1v) is 8.21. The highest BCUT2D eigenvalue weighted by Crippen LogP contribution is 2.18. The van der Waals surface area contributed by atoms with E-state index >= 15 is 0 Å². The maximum absolute atomic E-state index is 12.2. The fraction of sp³-hybridized carbons (Fsp3) is 0.263. The van der Waals surface area contributed by atoms with Gasteiger partial charge in [-0.2, -0.15) is 0 Å². The highest BCUT2D eigenvalue weighted by molar-refractivity contribution is 5.94. The van der Waals surface area contributed by atoms with Crippen LogP contribution in [0.25, 0.3) is 11.0 Å². The zero-order chi connectivity index (χ0) is 16.4. The molecule has 0 saturated carbocycles. The lowest BCUT2D eigenvalue weighted by atomic mass is 10.1. The van der Waals surface area contributed by atoms with Crippen molar-refractivity contribution < 1.29 is 9.53 Å². The predicted octanol–water partition coefficient (Wildman–Crippen LogP) is 3.20. The minimum absolute atomic E-state index is 0.0577. The number of hydrogen-bond donors (Lipinski definition) is 1. The molecule has 1 unspecified atom stereocenters. The molecule has 2 aromatic carbocycles. The highest BCUT2D eigenvalue weighted by Gasteiger charge is 2.23. The van der Waals surface area contributed by atoms with E-state index in [4.69, 9.17) is 4.74 Å². The SMILES string of the molecule is O=C(Nc1cccc(Cn2cnc3ccccc32)c1)C1CCCO1. The molecule has 1 aliphatic heterocycles. The molecule has 1 saturated heterocycles. The van der Waals surface area contributed by atoms with Gasteiger partial charge in [0.15, 0.2) is 0 Å². The number of amides is 1. The van der Waals surface area contributed by atoms with Crippen molar-refractivity contribution in [2.75, 3.05) is 11.9 Å². The summed E-state index contributed by atoms with van der Waals surface area (Å²) in [5, 5.41) is 2.95. The zero-order valence-electron chi connectivity index (χ0n) is 13.3. The third kappa shape index (κ3) is 3.03. The van der Waals surface area contributed by atoms with Gasteiger partial charge in [0, 0.05) is 18.8 Å². The highest BCUT2D eigenvalue weighted by atomic mass is 16.5. The second-order valence-corrected chi connectivity index (χ2v) is 6.05. The van der Waals surface area contributed by atoms with Gasteiger partial charge in [-0.25, -0.2) is 4.98 Å². The molecule has 3 aromatic rings. The van der Waals surface area contributed by atoms with Gasteiger partial charge < -0.3 is 14.6 Å². The number of fused-ring (bicyclic) bond motifs is 1. The summed E-state index contributed by atoms with van der Waals surface area (Å²) in [5.41, 5.74) is 4.01. The summed E-state index contributed by atoms with van der Waals surface area (Å²) in [6, 6.07) is 16.0. The van der Waals surface area contributed by atoms with Gasteiger partial charge in [-0.3, -0.25) is 4.79 Å². The van der Waals surface area contributed by atoms with Gasteiger partial charge in [-0.1, -0.05) is 24.3 Å². The summed E-state index contributed by atoms with van der Waals surface area (Å²) in [7, 11) is 0. The molecule has 1 N–H and O–H groups in total. The Balaban J connectivity index is 1.51. The summed E-state index contributed by atoms with van der Waals surface area (Å²) >= 11 is 0. The lowest BCUT2D eigenvalue weighted by Crippen LogP contribution is -2.26. The summed E-state index contributed by atoms with van der Waals surface area (Å²) in [6.07, 6.45) is 3.28. The lowest BCUT2D eigenvalue weighted by molar-refractivity contribution is -0.124.